The van der Waals surface area contributed by atoms with Crippen molar-refractivity contribution in [3.63, 3.8) is 0 Å². The van der Waals surface area contributed by atoms with Crippen LogP contribution in [0.4, 0.5) is 13.2 Å². The van der Waals surface area contributed by atoms with Crippen LogP contribution in [0.2, 0.25) is 0 Å². The van der Waals surface area contributed by atoms with E-state index in [0.29, 0.717) is 13.0 Å². The topological polar surface area (TPSA) is 64.4 Å². The maximum Gasteiger partial charge on any atom is 0.414 e. The lowest BCUT2D eigenvalue weighted by molar-refractivity contribution is -0.191. The van der Waals surface area contributed by atoms with Crippen LogP contribution in [0, 0.1) is 0 Å². The minimum absolute atomic E-state index is 0.151. The average molecular weight is 228 g/mol. The number of nitrogens with two attached hydrogens (primary N) is 1. The Morgan fingerprint density at radius 3 is 2.47 bits per heavy atom. The highest BCUT2D eigenvalue weighted by atomic mass is 19.4. The second-order valence-corrected chi connectivity index (χ2v) is 3.03. The van der Waals surface area contributed by atoms with Gasteiger partial charge in [-0.2, -0.15) is 13.2 Å². The summed E-state index contributed by atoms with van der Waals surface area (Å²) >= 11 is 0. The predicted octanol–water partition coefficient (Wildman–Crippen LogP) is 1.12. The van der Waals surface area contributed by atoms with E-state index in [-0.39, 0.29) is 6.42 Å². The lowest BCUT2D eigenvalue weighted by Gasteiger charge is -2.07. The fourth-order valence-electron chi connectivity index (χ4n) is 0.856. The number of halogens is 3. The lowest BCUT2D eigenvalue weighted by atomic mass is 10.2. The number of carbonyl (C=O) groups excluding carboxylic acids is 1. The quantitative estimate of drug-likeness (QED) is 0.507. The maximum absolute atomic E-state index is 11.6. The number of hydrogen-bond acceptors (Lipinski definition) is 3. The molecule has 0 aliphatic heterocycles. The average Bonchev–Trinajstić information content (AvgIpc) is 2.10. The number of hydrogen-bond donors (Lipinski definition) is 2. The molecule has 0 atom stereocenters. The van der Waals surface area contributed by atoms with Crippen LogP contribution >= 0.6 is 0 Å². The van der Waals surface area contributed by atoms with E-state index in [0.717, 1.165) is 12.8 Å². The molecule has 0 bridgehead atoms. The Morgan fingerprint density at radius 2 is 1.93 bits per heavy atom. The number of nitrogens with one attached hydrogen (secondary N) is 1. The first-order valence-electron chi connectivity index (χ1n) is 4.63. The first-order chi connectivity index (χ1) is 6.95. The van der Waals surface area contributed by atoms with Crippen molar-refractivity contribution < 1.29 is 22.8 Å². The van der Waals surface area contributed by atoms with Gasteiger partial charge in [-0.05, 0) is 19.4 Å². The molecular formula is C8H15F3N2O2. The molecule has 0 aliphatic carbocycles. The molecule has 0 heterocycles. The van der Waals surface area contributed by atoms with Gasteiger partial charge in [0.1, 0.15) is 0 Å². The summed E-state index contributed by atoms with van der Waals surface area (Å²) < 4.78 is 34.7. The van der Waals surface area contributed by atoms with Crippen LogP contribution in [0.3, 0.4) is 0 Å². The summed E-state index contributed by atoms with van der Waals surface area (Å²) in [6.45, 7) is -0.923. The maximum atomic E-state index is 11.6. The monoisotopic (exact) mass is 228 g/mol. The third-order valence-corrected chi connectivity index (χ3v) is 1.53. The van der Waals surface area contributed by atoms with Gasteiger partial charge in [0, 0.05) is 6.42 Å². The molecule has 0 saturated carbocycles. The van der Waals surface area contributed by atoms with Crippen molar-refractivity contribution in [2.45, 2.75) is 31.9 Å². The minimum atomic E-state index is -4.42. The molecule has 0 radical (unpaired) electrons. The van der Waals surface area contributed by atoms with Gasteiger partial charge in [0.25, 0.3) is 0 Å². The van der Waals surface area contributed by atoms with Crippen LogP contribution in [0.15, 0.2) is 0 Å². The Morgan fingerprint density at radius 1 is 1.27 bits per heavy atom. The fraction of sp³-hybridized carbons (Fsp3) is 0.875. The number of unbranched alkanes of at least 4 members (excludes halogenated alkanes) is 2. The lowest BCUT2D eigenvalue weighted by Crippen LogP contribution is -2.29. The van der Waals surface area contributed by atoms with E-state index in [1.54, 1.807) is 5.48 Å². The number of hydroxylamine groups is 1. The third-order valence-electron chi connectivity index (χ3n) is 1.53. The minimum Gasteiger partial charge on any atom is -0.330 e. The van der Waals surface area contributed by atoms with Crippen LogP contribution < -0.4 is 11.2 Å². The van der Waals surface area contributed by atoms with Crippen molar-refractivity contribution in [2.24, 2.45) is 5.73 Å². The molecule has 0 saturated heterocycles. The molecule has 90 valence electrons. The fourth-order valence-corrected chi connectivity index (χ4v) is 0.856. The van der Waals surface area contributed by atoms with Crippen LogP contribution in [0.25, 0.3) is 0 Å². The Kier molecular flexibility index (Phi) is 7.06. The van der Waals surface area contributed by atoms with Crippen LogP contribution in [0.1, 0.15) is 25.7 Å². The van der Waals surface area contributed by atoms with Gasteiger partial charge in [0.2, 0.25) is 5.91 Å². The van der Waals surface area contributed by atoms with E-state index >= 15 is 0 Å². The Hall–Kier alpha value is -0.820. The summed E-state index contributed by atoms with van der Waals surface area (Å²) in [5, 5.41) is 0. The summed E-state index contributed by atoms with van der Waals surface area (Å²) in [5.41, 5.74) is 6.95. The van der Waals surface area contributed by atoms with E-state index in [4.69, 9.17) is 5.73 Å². The normalized spacial score (nSPS) is 11.5. The predicted molar refractivity (Wildman–Crippen MR) is 47.7 cm³/mol. The number of alkyl halides is 3. The number of carbonyl (C=O) groups is 1. The highest BCUT2D eigenvalue weighted by Gasteiger charge is 2.28. The summed E-state index contributed by atoms with van der Waals surface area (Å²) in [4.78, 5) is 14.8. The van der Waals surface area contributed by atoms with Gasteiger partial charge in [-0.15, -0.1) is 0 Å². The summed E-state index contributed by atoms with van der Waals surface area (Å²) in [6.07, 6.45) is -2.09. The van der Waals surface area contributed by atoms with Crippen molar-refractivity contribution in [2.75, 3.05) is 13.2 Å². The Bertz CT molecular complexity index is 185. The number of rotatable bonds is 7. The zero-order chi connectivity index (χ0) is 11.7. The molecule has 4 nitrogen and oxygen atoms in total. The van der Waals surface area contributed by atoms with Gasteiger partial charge < -0.3 is 5.73 Å². The van der Waals surface area contributed by atoms with Gasteiger partial charge in [-0.3, -0.25) is 9.63 Å². The molecule has 3 N–H and O–H groups in total. The molecule has 0 unspecified atom stereocenters. The Balaban J connectivity index is 3.34. The van der Waals surface area contributed by atoms with E-state index in [1.807, 2.05) is 0 Å². The standard InChI is InChI=1S/C8H15F3N2O2/c9-8(10,11)6-15-13-7(14)4-2-1-3-5-12/h1-6,12H2,(H,13,14). The van der Waals surface area contributed by atoms with Crippen molar-refractivity contribution in [1.29, 1.82) is 0 Å². The van der Waals surface area contributed by atoms with E-state index in [1.165, 1.54) is 0 Å². The second kappa shape index (κ2) is 7.47. The molecule has 0 fully saturated rings. The zero-order valence-electron chi connectivity index (χ0n) is 8.27. The first-order valence-corrected chi connectivity index (χ1v) is 4.63. The molecule has 0 spiro atoms. The van der Waals surface area contributed by atoms with Gasteiger partial charge in [-0.25, -0.2) is 5.48 Å². The van der Waals surface area contributed by atoms with Crippen LogP contribution in [0.5, 0.6) is 0 Å². The molecular weight excluding hydrogens is 213 g/mol. The summed E-state index contributed by atoms with van der Waals surface area (Å²) in [7, 11) is 0. The van der Waals surface area contributed by atoms with Crippen molar-refractivity contribution >= 4 is 5.91 Å². The highest BCUT2D eigenvalue weighted by molar-refractivity contribution is 5.74. The van der Waals surface area contributed by atoms with E-state index in [9.17, 15) is 18.0 Å². The molecule has 1 amide bonds. The van der Waals surface area contributed by atoms with Crippen LogP contribution in [-0.4, -0.2) is 25.2 Å². The SMILES string of the molecule is NCCCCCC(=O)NOCC(F)(F)F. The van der Waals surface area contributed by atoms with Crippen LogP contribution in [-0.2, 0) is 9.63 Å². The van der Waals surface area contributed by atoms with E-state index < -0.39 is 18.7 Å². The molecule has 0 aromatic carbocycles. The van der Waals surface area contributed by atoms with Crippen molar-refractivity contribution in [3.8, 4) is 0 Å². The molecule has 0 aromatic rings. The van der Waals surface area contributed by atoms with Crippen molar-refractivity contribution in [1.82, 2.24) is 5.48 Å². The molecule has 0 aromatic heterocycles. The number of amides is 1. The largest absolute Gasteiger partial charge is 0.414 e. The van der Waals surface area contributed by atoms with Gasteiger partial charge in [0.05, 0.1) is 0 Å². The Labute approximate surface area is 85.9 Å². The molecule has 7 heteroatoms. The highest BCUT2D eigenvalue weighted by Crippen LogP contribution is 2.13. The van der Waals surface area contributed by atoms with E-state index in [2.05, 4.69) is 4.84 Å². The smallest absolute Gasteiger partial charge is 0.330 e. The van der Waals surface area contributed by atoms with Gasteiger partial charge in [-0.1, -0.05) is 6.42 Å². The zero-order valence-corrected chi connectivity index (χ0v) is 8.27. The van der Waals surface area contributed by atoms with Gasteiger partial charge >= 0.3 is 6.18 Å². The summed E-state index contributed by atoms with van der Waals surface area (Å²) in [5.74, 6) is -0.545. The molecule has 15 heavy (non-hydrogen) atoms. The third kappa shape index (κ3) is 11.1. The first kappa shape index (κ1) is 14.2. The second-order valence-electron chi connectivity index (χ2n) is 3.03. The van der Waals surface area contributed by atoms with Gasteiger partial charge in [0.15, 0.2) is 6.61 Å². The molecule has 0 rings (SSSR count). The molecule has 0 aliphatic rings. The summed E-state index contributed by atoms with van der Waals surface area (Å²) in [6, 6.07) is 0. The van der Waals surface area contributed by atoms with Crippen molar-refractivity contribution in [3.05, 3.63) is 0 Å².